The third-order valence-electron chi connectivity index (χ3n) is 7.53. The molecule has 9 nitrogen and oxygen atoms in total. The molecular formula is C37H42N4O5. The molecule has 0 fully saturated rings. The maximum Gasteiger partial charge on any atom is 0.305 e. The summed E-state index contributed by atoms with van der Waals surface area (Å²) in [7, 11) is 0. The molecule has 0 radical (unpaired) electrons. The molecular weight excluding hydrogens is 580 g/mol. The molecule has 0 unspecified atom stereocenters. The quantitative estimate of drug-likeness (QED) is 0.142. The van der Waals surface area contributed by atoms with Crippen molar-refractivity contribution in [2.75, 3.05) is 13.2 Å². The fourth-order valence-electron chi connectivity index (χ4n) is 4.72. The van der Waals surface area contributed by atoms with Gasteiger partial charge in [-0.15, -0.1) is 0 Å². The molecule has 0 aliphatic rings. The van der Waals surface area contributed by atoms with Gasteiger partial charge >= 0.3 is 5.97 Å². The van der Waals surface area contributed by atoms with Crippen molar-refractivity contribution in [3.8, 4) is 28.3 Å². The van der Waals surface area contributed by atoms with E-state index in [2.05, 4.69) is 48.3 Å². The maximum absolute atomic E-state index is 13.1. The van der Waals surface area contributed by atoms with Gasteiger partial charge in [-0.3, -0.25) is 14.4 Å². The van der Waals surface area contributed by atoms with Gasteiger partial charge in [-0.1, -0.05) is 82.6 Å². The number of aromatic nitrogens is 2. The molecule has 9 heteroatoms. The number of benzene rings is 3. The summed E-state index contributed by atoms with van der Waals surface area (Å²) in [5.74, 6) is -0.461. The second-order valence-electron chi connectivity index (χ2n) is 12.2. The van der Waals surface area contributed by atoms with Crippen LogP contribution >= 0.6 is 0 Å². The molecule has 3 N–H and O–H groups in total. The maximum atomic E-state index is 13.1. The average Bonchev–Trinajstić information content (AvgIpc) is 3.05. The zero-order valence-electron chi connectivity index (χ0n) is 26.9. The molecule has 240 valence electrons. The highest BCUT2D eigenvalue weighted by molar-refractivity contribution is 5.97. The number of rotatable bonds is 14. The number of carbonyl (C=O) groups excluding carboxylic acids is 2. The van der Waals surface area contributed by atoms with E-state index < -0.39 is 17.9 Å². The van der Waals surface area contributed by atoms with Crippen molar-refractivity contribution in [1.82, 2.24) is 20.6 Å². The molecule has 2 amide bonds. The highest BCUT2D eigenvalue weighted by atomic mass is 16.5. The average molecular weight is 623 g/mol. The Bertz CT molecular complexity index is 1590. The number of nitrogens with zero attached hydrogens (tertiary/aromatic N) is 2. The molecule has 1 heterocycles. The molecule has 0 aliphatic carbocycles. The second-order valence-corrected chi connectivity index (χ2v) is 12.2. The van der Waals surface area contributed by atoms with Crippen LogP contribution in [0.1, 0.15) is 68.4 Å². The Hall–Kier alpha value is -5.05. The van der Waals surface area contributed by atoms with Crippen molar-refractivity contribution in [2.24, 2.45) is 0 Å². The van der Waals surface area contributed by atoms with E-state index in [9.17, 15) is 14.4 Å². The van der Waals surface area contributed by atoms with Crippen LogP contribution in [0, 0.1) is 0 Å². The van der Waals surface area contributed by atoms with Crippen molar-refractivity contribution >= 4 is 17.8 Å². The first-order valence-corrected chi connectivity index (χ1v) is 15.6. The highest BCUT2D eigenvalue weighted by Crippen LogP contribution is 2.24. The van der Waals surface area contributed by atoms with Gasteiger partial charge in [0.2, 0.25) is 5.91 Å². The van der Waals surface area contributed by atoms with E-state index in [1.54, 1.807) is 24.5 Å². The van der Waals surface area contributed by atoms with Gasteiger partial charge in [0.15, 0.2) is 5.82 Å². The molecule has 1 atom stereocenters. The monoisotopic (exact) mass is 622 g/mol. The number of amides is 2. The molecule has 0 saturated carbocycles. The lowest BCUT2D eigenvalue weighted by atomic mass is 9.86. The third kappa shape index (κ3) is 9.72. The Morgan fingerprint density at radius 2 is 1.48 bits per heavy atom. The van der Waals surface area contributed by atoms with E-state index >= 15 is 0 Å². The number of carbonyl (C=O) groups is 3. The number of hydrogen-bond donors (Lipinski definition) is 3. The van der Waals surface area contributed by atoms with Crippen LogP contribution in [0.25, 0.3) is 22.5 Å². The fraction of sp³-hybridized carbons (Fsp3) is 0.324. The van der Waals surface area contributed by atoms with Crippen LogP contribution in [0.2, 0.25) is 0 Å². The Morgan fingerprint density at radius 1 is 0.848 bits per heavy atom. The minimum absolute atomic E-state index is 0.0377. The van der Waals surface area contributed by atoms with E-state index in [0.29, 0.717) is 18.0 Å². The van der Waals surface area contributed by atoms with Crippen molar-refractivity contribution in [3.05, 3.63) is 102 Å². The number of unbranched alkanes of at least 4 members (excludes halogenated alkanes) is 1. The first-order valence-electron chi connectivity index (χ1n) is 15.6. The first-order chi connectivity index (χ1) is 22.0. The van der Waals surface area contributed by atoms with Gasteiger partial charge in [0, 0.05) is 42.0 Å². The van der Waals surface area contributed by atoms with Gasteiger partial charge in [-0.25, -0.2) is 9.97 Å². The van der Waals surface area contributed by atoms with Crippen LogP contribution in [0.3, 0.4) is 0 Å². The van der Waals surface area contributed by atoms with Crippen LogP contribution in [0.15, 0.2) is 85.2 Å². The Morgan fingerprint density at radius 3 is 2.07 bits per heavy atom. The zero-order valence-corrected chi connectivity index (χ0v) is 26.9. The minimum Gasteiger partial charge on any atom is -0.494 e. The summed E-state index contributed by atoms with van der Waals surface area (Å²) in [6.07, 6.45) is 5.67. The normalized spacial score (nSPS) is 11.8. The molecule has 4 rings (SSSR count). The summed E-state index contributed by atoms with van der Waals surface area (Å²) < 4.78 is 5.74. The van der Waals surface area contributed by atoms with Gasteiger partial charge in [-0.2, -0.15) is 0 Å². The minimum atomic E-state index is -1.02. The van der Waals surface area contributed by atoms with Crippen molar-refractivity contribution in [3.63, 3.8) is 0 Å². The Labute approximate surface area is 270 Å². The van der Waals surface area contributed by atoms with Gasteiger partial charge < -0.3 is 20.5 Å². The van der Waals surface area contributed by atoms with Crippen LogP contribution in [0.5, 0.6) is 5.75 Å². The standard InChI is InChI=1S/C37H42N4O5/c1-5-6-21-46-31-17-13-26(14-18-31)29-23-39-34(40-24-29)27-9-7-25(8-10-27)22-32(36(45)38-20-19-33(42)43)41-35(44)28-11-15-30(16-12-28)37(2,3)4/h7-18,23-24,32H,5-6,19-22H2,1-4H3,(H,38,45)(H,41,44)(H,42,43)/t32-/m0/s1. The highest BCUT2D eigenvalue weighted by Gasteiger charge is 2.23. The summed E-state index contributed by atoms with van der Waals surface area (Å²) >= 11 is 0. The number of hydrogen-bond acceptors (Lipinski definition) is 6. The van der Waals surface area contributed by atoms with Crippen LogP contribution < -0.4 is 15.4 Å². The molecule has 3 aromatic carbocycles. The first kappa shape index (κ1) is 33.8. The Balaban J connectivity index is 1.43. The van der Waals surface area contributed by atoms with Gasteiger partial charge in [0.1, 0.15) is 11.8 Å². The predicted molar refractivity (Wildman–Crippen MR) is 179 cm³/mol. The van der Waals surface area contributed by atoms with Gasteiger partial charge in [-0.05, 0) is 52.8 Å². The number of carboxylic acid groups (broad SMARTS) is 1. The number of carboxylic acids is 1. The zero-order chi connectivity index (χ0) is 33.1. The fourth-order valence-corrected chi connectivity index (χ4v) is 4.72. The molecule has 0 aliphatic heterocycles. The number of ether oxygens (including phenoxy) is 1. The van der Waals surface area contributed by atoms with Crippen molar-refractivity contribution in [2.45, 2.75) is 64.8 Å². The summed E-state index contributed by atoms with van der Waals surface area (Å²) in [5.41, 5.74) is 4.96. The van der Waals surface area contributed by atoms with Crippen LogP contribution in [-0.2, 0) is 21.4 Å². The molecule has 0 saturated heterocycles. The molecule has 0 bridgehead atoms. The molecule has 46 heavy (non-hydrogen) atoms. The lowest BCUT2D eigenvalue weighted by Gasteiger charge is -2.20. The number of aliphatic carboxylic acids is 1. The second kappa shape index (κ2) is 15.8. The summed E-state index contributed by atoms with van der Waals surface area (Å²) in [6.45, 7) is 9.08. The lowest BCUT2D eigenvalue weighted by Crippen LogP contribution is -2.48. The van der Waals surface area contributed by atoms with E-state index in [4.69, 9.17) is 9.84 Å². The third-order valence-corrected chi connectivity index (χ3v) is 7.53. The van der Waals surface area contributed by atoms with Crippen LogP contribution in [0.4, 0.5) is 0 Å². The summed E-state index contributed by atoms with van der Waals surface area (Å²) in [4.78, 5) is 46.2. The molecule has 4 aromatic rings. The van der Waals surface area contributed by atoms with E-state index in [1.165, 1.54) is 0 Å². The topological polar surface area (TPSA) is 131 Å². The smallest absolute Gasteiger partial charge is 0.305 e. The predicted octanol–water partition coefficient (Wildman–Crippen LogP) is 6.22. The van der Waals surface area contributed by atoms with Gasteiger partial charge in [0.05, 0.1) is 13.0 Å². The van der Waals surface area contributed by atoms with E-state index in [1.807, 2.05) is 60.7 Å². The summed E-state index contributed by atoms with van der Waals surface area (Å²) in [5, 5.41) is 14.4. The largest absolute Gasteiger partial charge is 0.494 e. The molecule has 0 spiro atoms. The number of nitrogens with one attached hydrogen (secondary N) is 2. The van der Waals surface area contributed by atoms with Gasteiger partial charge in [0.25, 0.3) is 5.91 Å². The SMILES string of the molecule is CCCCOc1ccc(-c2cnc(-c3ccc(C[C@H](NC(=O)c4ccc(C(C)(C)C)cc4)C(=O)NCCC(=O)O)cc3)nc2)cc1. The van der Waals surface area contributed by atoms with E-state index in [-0.39, 0.29) is 30.7 Å². The van der Waals surface area contributed by atoms with Crippen molar-refractivity contribution < 1.29 is 24.2 Å². The van der Waals surface area contributed by atoms with Crippen molar-refractivity contribution in [1.29, 1.82) is 0 Å². The lowest BCUT2D eigenvalue weighted by molar-refractivity contribution is -0.137. The summed E-state index contributed by atoms with van der Waals surface area (Å²) in [6, 6.07) is 21.7. The Kier molecular flexibility index (Phi) is 11.6. The van der Waals surface area contributed by atoms with E-state index in [0.717, 1.165) is 46.4 Å². The molecule has 1 aromatic heterocycles. The van der Waals surface area contributed by atoms with Crippen LogP contribution in [-0.4, -0.2) is 52.1 Å².